The van der Waals surface area contributed by atoms with Crippen LogP contribution in [0.3, 0.4) is 0 Å². The Labute approximate surface area is 243 Å². The monoisotopic (exact) mass is 589 g/mol. The molecule has 2 N–H and O–H groups in total. The smallest absolute Gasteiger partial charge is 0.410 e. The Hall–Kier alpha value is -3.04. The van der Waals surface area contributed by atoms with Gasteiger partial charge in [-0.15, -0.1) is 0 Å². The molecule has 1 atom stereocenters. The highest BCUT2D eigenvalue weighted by molar-refractivity contribution is 6.36. The van der Waals surface area contributed by atoms with Gasteiger partial charge in [0.15, 0.2) is 11.6 Å². The molecule has 1 spiro atoms. The second kappa shape index (κ2) is 10.7. The molecule has 5 rings (SSSR count). The first kappa shape index (κ1) is 28.5. The van der Waals surface area contributed by atoms with E-state index in [0.29, 0.717) is 22.4 Å². The third-order valence-corrected chi connectivity index (χ3v) is 8.51. The van der Waals surface area contributed by atoms with E-state index in [1.807, 2.05) is 36.5 Å². The van der Waals surface area contributed by atoms with Gasteiger partial charge in [-0.05, 0) is 77.0 Å². The molecule has 40 heavy (non-hydrogen) atoms. The van der Waals surface area contributed by atoms with Gasteiger partial charge in [-0.25, -0.2) is 14.2 Å². The summed E-state index contributed by atoms with van der Waals surface area (Å²) in [5.74, 6) is -0.0334. The summed E-state index contributed by atoms with van der Waals surface area (Å²) in [4.78, 5) is 18.5. The number of hydrogen-bond acceptors (Lipinski definition) is 6. The first-order valence-corrected chi connectivity index (χ1v) is 14.2. The molecular formula is C29H34Cl2FN5O3. The Balaban J connectivity index is 1.22. The summed E-state index contributed by atoms with van der Waals surface area (Å²) in [5, 5.41) is 4.84. The number of carbonyl (C=O) groups is 1. The number of benzene rings is 1. The molecule has 3 heterocycles. The summed E-state index contributed by atoms with van der Waals surface area (Å²) in [7, 11) is 0. The number of likely N-dealkylation sites (tertiary alicyclic amines) is 1. The van der Waals surface area contributed by atoms with Crippen LogP contribution in [-0.4, -0.2) is 44.4 Å². The third-order valence-electron chi connectivity index (χ3n) is 7.79. The Bertz CT molecular complexity index is 1410. The molecule has 2 fully saturated rings. The number of aromatic nitrogens is 3. The normalized spacial score (nSPS) is 17.9. The van der Waals surface area contributed by atoms with Crippen LogP contribution in [0.4, 0.5) is 15.0 Å². The lowest BCUT2D eigenvalue weighted by atomic mass is 9.60. The van der Waals surface area contributed by atoms with Gasteiger partial charge in [0.05, 0.1) is 17.3 Å². The minimum atomic E-state index is -0.661. The minimum absolute atomic E-state index is 0.0854. The maximum Gasteiger partial charge on any atom is 0.410 e. The van der Waals surface area contributed by atoms with Gasteiger partial charge in [0.1, 0.15) is 17.5 Å². The Morgan fingerprint density at radius 1 is 1.18 bits per heavy atom. The zero-order chi connectivity index (χ0) is 28.8. The van der Waals surface area contributed by atoms with E-state index in [9.17, 15) is 9.18 Å². The van der Waals surface area contributed by atoms with E-state index in [4.69, 9.17) is 38.4 Å². The predicted octanol–water partition coefficient (Wildman–Crippen LogP) is 7.47. The van der Waals surface area contributed by atoms with Gasteiger partial charge >= 0.3 is 6.09 Å². The van der Waals surface area contributed by atoms with Crippen molar-refractivity contribution < 1.29 is 18.7 Å². The number of pyridine rings is 1. The van der Waals surface area contributed by atoms with E-state index >= 15 is 0 Å². The highest BCUT2D eigenvalue weighted by Gasteiger charge is 2.47. The van der Waals surface area contributed by atoms with E-state index < -0.39 is 17.5 Å². The average molecular weight is 591 g/mol. The van der Waals surface area contributed by atoms with Crippen LogP contribution in [-0.2, 0) is 4.74 Å². The zero-order valence-corrected chi connectivity index (χ0v) is 24.6. The molecule has 11 heteroatoms. The number of anilines is 1. The van der Waals surface area contributed by atoms with Crippen molar-refractivity contribution in [2.75, 3.05) is 18.8 Å². The summed E-state index contributed by atoms with van der Waals surface area (Å²) >= 11 is 12.4. The second-order valence-electron chi connectivity index (χ2n) is 11.9. The van der Waals surface area contributed by atoms with Crippen molar-refractivity contribution in [1.82, 2.24) is 19.7 Å². The maximum absolute atomic E-state index is 14.0. The first-order chi connectivity index (χ1) is 18.8. The van der Waals surface area contributed by atoms with Crippen molar-refractivity contribution in [3.8, 4) is 16.9 Å². The number of ether oxygens (including phenoxy) is 2. The van der Waals surface area contributed by atoms with E-state index in [1.54, 1.807) is 25.4 Å². The average Bonchev–Trinajstić information content (AvgIpc) is 3.35. The number of carbonyl (C=O) groups excluding carboxylic acids is 1. The number of piperidine rings is 1. The molecule has 3 aromatic rings. The quantitative estimate of drug-likeness (QED) is 0.310. The zero-order valence-electron chi connectivity index (χ0n) is 23.1. The standard InChI is InChI=1S/C29H34Cl2FN5O3/c1-17(24-21(30)5-6-22(32)25(24)31)39-23-11-18(14-34-26(23)33)19-15-35-37(16-19)20-12-29(13-20)7-9-36(10-8-29)27(38)40-28(2,3)4/h5-6,11,14-17,20H,7-10,12-13H2,1-4H3,(H2,33,34)/t17-/m0/s1. The maximum atomic E-state index is 14.0. The van der Waals surface area contributed by atoms with Gasteiger partial charge < -0.3 is 20.1 Å². The Kier molecular flexibility index (Phi) is 7.65. The molecule has 1 amide bonds. The van der Waals surface area contributed by atoms with Crippen molar-refractivity contribution >= 4 is 35.1 Å². The van der Waals surface area contributed by atoms with Crippen molar-refractivity contribution in [3.05, 3.63) is 58.2 Å². The minimum Gasteiger partial charge on any atom is -0.482 e. The molecule has 2 aliphatic rings. The van der Waals surface area contributed by atoms with Crippen LogP contribution in [0.2, 0.25) is 10.0 Å². The fourth-order valence-corrected chi connectivity index (χ4v) is 6.26. The number of nitrogens with zero attached hydrogens (tertiary/aromatic N) is 4. The van der Waals surface area contributed by atoms with E-state index in [0.717, 1.165) is 49.9 Å². The molecular weight excluding hydrogens is 556 g/mol. The second-order valence-corrected chi connectivity index (χ2v) is 12.6. The molecule has 1 aromatic carbocycles. The molecule has 2 aromatic heterocycles. The molecule has 0 unspecified atom stereocenters. The Morgan fingerprint density at radius 2 is 1.88 bits per heavy atom. The molecule has 1 aliphatic heterocycles. The molecule has 0 bridgehead atoms. The van der Waals surface area contributed by atoms with E-state index in [1.165, 1.54) is 12.1 Å². The fraction of sp³-hybridized carbons (Fsp3) is 0.483. The number of hydrogen-bond donors (Lipinski definition) is 1. The number of nitrogen functional groups attached to an aromatic ring is 1. The molecule has 214 valence electrons. The molecule has 1 saturated heterocycles. The van der Waals surface area contributed by atoms with Gasteiger partial charge in [-0.1, -0.05) is 23.2 Å². The molecule has 0 radical (unpaired) electrons. The largest absolute Gasteiger partial charge is 0.482 e. The van der Waals surface area contributed by atoms with Crippen LogP contribution in [0, 0.1) is 11.2 Å². The summed E-state index contributed by atoms with van der Waals surface area (Å²) in [6, 6.07) is 4.75. The van der Waals surface area contributed by atoms with Crippen LogP contribution in [0.15, 0.2) is 36.8 Å². The summed E-state index contributed by atoms with van der Waals surface area (Å²) < 4.78 is 27.6. The topological polar surface area (TPSA) is 95.5 Å². The van der Waals surface area contributed by atoms with Crippen molar-refractivity contribution in [3.63, 3.8) is 0 Å². The first-order valence-electron chi connectivity index (χ1n) is 13.4. The lowest BCUT2D eigenvalue weighted by Gasteiger charge is -2.52. The van der Waals surface area contributed by atoms with E-state index in [-0.39, 0.29) is 22.3 Å². The van der Waals surface area contributed by atoms with Crippen LogP contribution in [0.1, 0.15) is 71.1 Å². The molecule has 1 saturated carbocycles. The highest BCUT2D eigenvalue weighted by atomic mass is 35.5. The van der Waals surface area contributed by atoms with Crippen LogP contribution in [0.5, 0.6) is 5.75 Å². The van der Waals surface area contributed by atoms with Crippen LogP contribution >= 0.6 is 23.2 Å². The third kappa shape index (κ3) is 5.86. The molecule has 8 nitrogen and oxygen atoms in total. The highest BCUT2D eigenvalue weighted by Crippen LogP contribution is 2.54. The lowest BCUT2D eigenvalue weighted by molar-refractivity contribution is -0.0258. The lowest BCUT2D eigenvalue weighted by Crippen LogP contribution is -2.50. The summed E-state index contributed by atoms with van der Waals surface area (Å²) in [6.45, 7) is 8.82. The number of halogens is 3. The van der Waals surface area contributed by atoms with Crippen molar-refractivity contribution in [2.45, 2.75) is 71.1 Å². The van der Waals surface area contributed by atoms with Gasteiger partial charge in [-0.2, -0.15) is 5.10 Å². The predicted molar refractivity (Wildman–Crippen MR) is 153 cm³/mol. The van der Waals surface area contributed by atoms with Crippen LogP contribution < -0.4 is 10.5 Å². The van der Waals surface area contributed by atoms with Gasteiger partial charge in [0.25, 0.3) is 0 Å². The SMILES string of the molecule is C[C@H](Oc1cc(-c2cnn(C3CC4(CCN(C(=O)OC(C)(C)C)CC4)C3)c2)cnc1N)c1c(Cl)ccc(F)c1Cl. The van der Waals surface area contributed by atoms with E-state index in [2.05, 4.69) is 10.1 Å². The van der Waals surface area contributed by atoms with Gasteiger partial charge in [0.2, 0.25) is 0 Å². The van der Waals surface area contributed by atoms with Gasteiger partial charge in [0, 0.05) is 47.2 Å². The van der Waals surface area contributed by atoms with Crippen LogP contribution in [0.25, 0.3) is 11.1 Å². The van der Waals surface area contributed by atoms with Crippen molar-refractivity contribution in [2.24, 2.45) is 5.41 Å². The number of nitrogens with two attached hydrogens (primary N) is 1. The summed E-state index contributed by atoms with van der Waals surface area (Å²) in [6.07, 6.45) is 8.58. The fourth-order valence-electron chi connectivity index (χ4n) is 5.58. The number of amides is 1. The number of rotatable bonds is 5. The Morgan fingerprint density at radius 3 is 2.55 bits per heavy atom. The molecule has 1 aliphatic carbocycles. The van der Waals surface area contributed by atoms with Crippen molar-refractivity contribution in [1.29, 1.82) is 0 Å². The van der Waals surface area contributed by atoms with Gasteiger partial charge in [-0.3, -0.25) is 4.68 Å². The summed E-state index contributed by atoms with van der Waals surface area (Å²) in [5.41, 5.74) is 7.87.